The highest BCUT2D eigenvalue weighted by Gasteiger charge is 2.17. The predicted octanol–water partition coefficient (Wildman–Crippen LogP) is 3.92. The van der Waals surface area contributed by atoms with Crippen molar-refractivity contribution in [3.63, 3.8) is 0 Å². The van der Waals surface area contributed by atoms with Gasteiger partial charge in [0, 0.05) is 30.9 Å². The Morgan fingerprint density at radius 1 is 1.19 bits per heavy atom. The van der Waals surface area contributed by atoms with Crippen molar-refractivity contribution in [2.75, 3.05) is 25.0 Å². The smallest absolute Gasteiger partial charge is 0.224 e. The molecule has 0 saturated carbocycles. The molecule has 0 bridgehead atoms. The van der Waals surface area contributed by atoms with E-state index in [0.29, 0.717) is 13.0 Å². The number of carbonyl (C=O) groups excluding carboxylic acids is 1. The Labute approximate surface area is 154 Å². The highest BCUT2D eigenvalue weighted by molar-refractivity contribution is 7.22. The summed E-state index contributed by atoms with van der Waals surface area (Å²) in [5.74, 6) is 0.681. The molecule has 1 fully saturated rings. The maximum absolute atomic E-state index is 13.1. The molecule has 7 heteroatoms. The molecule has 1 amide bonds. The first-order chi connectivity index (χ1) is 12.7. The van der Waals surface area contributed by atoms with Crippen LogP contribution in [0.4, 0.5) is 10.2 Å². The van der Waals surface area contributed by atoms with Gasteiger partial charge in [-0.3, -0.25) is 4.79 Å². The van der Waals surface area contributed by atoms with Crippen LogP contribution in [-0.4, -0.2) is 40.4 Å². The fourth-order valence-electron chi connectivity index (χ4n) is 3.15. The maximum atomic E-state index is 13.1. The molecule has 1 saturated heterocycles. The van der Waals surface area contributed by atoms with Crippen molar-refractivity contribution in [3.8, 4) is 10.4 Å². The number of benzene rings is 1. The number of nitrogens with one attached hydrogen (secondary N) is 1. The maximum Gasteiger partial charge on any atom is 0.224 e. The van der Waals surface area contributed by atoms with E-state index in [0.717, 1.165) is 52.4 Å². The van der Waals surface area contributed by atoms with Crippen LogP contribution < -0.4 is 5.32 Å². The number of thiophene rings is 1. The molecule has 1 aliphatic heterocycles. The molecule has 0 unspecified atom stereocenters. The number of nitrogens with zero attached hydrogens (tertiary/aromatic N) is 3. The van der Waals surface area contributed by atoms with E-state index in [2.05, 4.69) is 15.3 Å². The molecule has 0 atom stereocenters. The second-order valence-corrected chi connectivity index (χ2v) is 7.37. The molecule has 5 nitrogen and oxygen atoms in total. The Bertz CT molecular complexity index is 919. The van der Waals surface area contributed by atoms with Crippen LogP contribution in [0.3, 0.4) is 0 Å². The lowest BCUT2D eigenvalue weighted by atomic mass is 10.2. The monoisotopic (exact) mass is 370 g/mol. The second-order valence-electron chi connectivity index (χ2n) is 6.32. The average Bonchev–Trinajstić information content (AvgIpc) is 3.32. The van der Waals surface area contributed by atoms with E-state index in [1.807, 2.05) is 11.0 Å². The van der Waals surface area contributed by atoms with Crippen molar-refractivity contribution >= 4 is 33.3 Å². The number of carbonyl (C=O) groups is 1. The molecule has 134 valence electrons. The zero-order valence-electron chi connectivity index (χ0n) is 14.2. The Kier molecular flexibility index (Phi) is 4.79. The number of aromatic nitrogens is 2. The number of anilines is 1. The molecular formula is C19H19FN4OS. The van der Waals surface area contributed by atoms with Gasteiger partial charge in [-0.25, -0.2) is 14.4 Å². The van der Waals surface area contributed by atoms with Gasteiger partial charge < -0.3 is 10.2 Å². The standard InChI is InChI=1S/C19H19FN4OS/c20-14-5-3-13(4-6-14)16-11-15-18(26-16)19(23-12-22-15)21-8-7-17(25)24-9-1-2-10-24/h3-6,11-12H,1-2,7-10H2,(H,21,22,23). The second kappa shape index (κ2) is 7.37. The molecule has 26 heavy (non-hydrogen) atoms. The van der Waals surface area contributed by atoms with Crippen LogP contribution in [0.25, 0.3) is 20.7 Å². The number of amides is 1. The zero-order valence-corrected chi connectivity index (χ0v) is 15.1. The summed E-state index contributed by atoms with van der Waals surface area (Å²) < 4.78 is 14.1. The van der Waals surface area contributed by atoms with Crippen LogP contribution in [0.15, 0.2) is 36.7 Å². The van der Waals surface area contributed by atoms with Crippen molar-refractivity contribution in [2.24, 2.45) is 0 Å². The van der Waals surface area contributed by atoms with Gasteiger partial charge in [0.25, 0.3) is 0 Å². The molecule has 1 aromatic carbocycles. The molecule has 3 aromatic rings. The summed E-state index contributed by atoms with van der Waals surface area (Å²) in [5.41, 5.74) is 1.79. The zero-order chi connectivity index (χ0) is 17.9. The Morgan fingerprint density at radius 2 is 1.96 bits per heavy atom. The van der Waals surface area contributed by atoms with Gasteiger partial charge in [0.1, 0.15) is 18.0 Å². The SMILES string of the molecule is O=C(CCNc1ncnc2cc(-c3ccc(F)cc3)sc12)N1CCCC1. The number of fused-ring (bicyclic) bond motifs is 1. The Hall–Kier alpha value is -2.54. The van der Waals surface area contributed by atoms with Crippen LogP contribution in [0.1, 0.15) is 19.3 Å². The third kappa shape index (κ3) is 3.53. The summed E-state index contributed by atoms with van der Waals surface area (Å²) in [6.45, 7) is 2.30. The van der Waals surface area contributed by atoms with E-state index in [4.69, 9.17) is 0 Å². The third-order valence-electron chi connectivity index (χ3n) is 4.53. The third-order valence-corrected chi connectivity index (χ3v) is 5.71. The summed E-state index contributed by atoms with van der Waals surface area (Å²) in [7, 11) is 0. The summed E-state index contributed by atoms with van der Waals surface area (Å²) in [5, 5.41) is 3.27. The number of hydrogen-bond acceptors (Lipinski definition) is 5. The van der Waals surface area contributed by atoms with Gasteiger partial charge in [0.15, 0.2) is 0 Å². The minimum absolute atomic E-state index is 0.193. The van der Waals surface area contributed by atoms with Gasteiger partial charge in [-0.05, 0) is 36.6 Å². The van der Waals surface area contributed by atoms with E-state index in [1.54, 1.807) is 23.5 Å². The average molecular weight is 370 g/mol. The fraction of sp³-hybridized carbons (Fsp3) is 0.316. The summed E-state index contributed by atoms with van der Waals surface area (Å²) in [4.78, 5) is 23.7. The first-order valence-electron chi connectivity index (χ1n) is 8.73. The molecular weight excluding hydrogens is 351 g/mol. The predicted molar refractivity (Wildman–Crippen MR) is 102 cm³/mol. The highest BCUT2D eigenvalue weighted by Crippen LogP contribution is 2.35. The van der Waals surface area contributed by atoms with Crippen LogP contribution in [0.2, 0.25) is 0 Å². The first-order valence-corrected chi connectivity index (χ1v) is 9.54. The summed E-state index contributed by atoms with van der Waals surface area (Å²) >= 11 is 1.56. The van der Waals surface area contributed by atoms with Crippen molar-refractivity contribution in [1.29, 1.82) is 0 Å². The minimum Gasteiger partial charge on any atom is -0.368 e. The molecule has 4 rings (SSSR count). The quantitative estimate of drug-likeness (QED) is 0.739. The molecule has 0 radical (unpaired) electrons. The number of halogens is 1. The van der Waals surface area contributed by atoms with E-state index in [1.165, 1.54) is 18.5 Å². The lowest BCUT2D eigenvalue weighted by molar-refractivity contribution is -0.129. The molecule has 1 aliphatic rings. The van der Waals surface area contributed by atoms with E-state index < -0.39 is 0 Å². The van der Waals surface area contributed by atoms with Crippen LogP contribution >= 0.6 is 11.3 Å². The Balaban J connectivity index is 1.48. The minimum atomic E-state index is -0.250. The largest absolute Gasteiger partial charge is 0.368 e. The molecule has 0 aliphatic carbocycles. The van der Waals surface area contributed by atoms with Gasteiger partial charge in [-0.2, -0.15) is 0 Å². The number of rotatable bonds is 5. The van der Waals surface area contributed by atoms with Crippen molar-refractivity contribution < 1.29 is 9.18 Å². The van der Waals surface area contributed by atoms with Crippen LogP contribution in [0.5, 0.6) is 0 Å². The molecule has 2 aromatic heterocycles. The number of likely N-dealkylation sites (tertiary alicyclic amines) is 1. The molecule has 0 spiro atoms. The van der Waals surface area contributed by atoms with Gasteiger partial charge in [0.2, 0.25) is 5.91 Å². The molecule has 1 N–H and O–H groups in total. The highest BCUT2D eigenvalue weighted by atomic mass is 32.1. The van der Waals surface area contributed by atoms with Gasteiger partial charge in [-0.1, -0.05) is 12.1 Å². The normalized spacial score (nSPS) is 14.1. The van der Waals surface area contributed by atoms with E-state index in [9.17, 15) is 9.18 Å². The fourth-order valence-corrected chi connectivity index (χ4v) is 4.23. The number of hydrogen-bond donors (Lipinski definition) is 1. The van der Waals surface area contributed by atoms with E-state index in [-0.39, 0.29) is 11.7 Å². The van der Waals surface area contributed by atoms with Gasteiger partial charge >= 0.3 is 0 Å². The van der Waals surface area contributed by atoms with Gasteiger partial charge in [-0.15, -0.1) is 11.3 Å². The van der Waals surface area contributed by atoms with Crippen molar-refractivity contribution in [3.05, 3.63) is 42.5 Å². The van der Waals surface area contributed by atoms with Crippen molar-refractivity contribution in [1.82, 2.24) is 14.9 Å². The summed E-state index contributed by atoms with van der Waals surface area (Å²) in [6.07, 6.45) is 4.19. The van der Waals surface area contributed by atoms with E-state index >= 15 is 0 Å². The van der Waals surface area contributed by atoms with Crippen LogP contribution in [-0.2, 0) is 4.79 Å². The van der Waals surface area contributed by atoms with Crippen molar-refractivity contribution in [2.45, 2.75) is 19.3 Å². The Morgan fingerprint density at radius 3 is 2.73 bits per heavy atom. The topological polar surface area (TPSA) is 58.1 Å². The molecule has 3 heterocycles. The lowest BCUT2D eigenvalue weighted by Gasteiger charge is -2.15. The van der Waals surface area contributed by atoms with Crippen LogP contribution in [0, 0.1) is 5.82 Å². The first kappa shape index (κ1) is 16.9. The lowest BCUT2D eigenvalue weighted by Crippen LogP contribution is -2.29. The summed E-state index contributed by atoms with van der Waals surface area (Å²) in [6, 6.07) is 8.41. The van der Waals surface area contributed by atoms with Gasteiger partial charge in [0.05, 0.1) is 10.2 Å².